The van der Waals surface area contributed by atoms with Crippen LogP contribution in [-0.4, -0.2) is 59.1 Å². The van der Waals surface area contributed by atoms with Crippen molar-refractivity contribution in [2.75, 3.05) is 18.9 Å². The predicted octanol–water partition coefficient (Wildman–Crippen LogP) is 6.12. The monoisotopic (exact) mass is 563 g/mol. The third-order valence-corrected chi connectivity index (χ3v) is 10.4. The predicted molar refractivity (Wildman–Crippen MR) is 151 cm³/mol. The number of benzene rings is 1. The number of esters is 1. The lowest BCUT2D eigenvalue weighted by Gasteiger charge is -2.30. The Hall–Kier alpha value is -2.18. The lowest BCUT2D eigenvalue weighted by molar-refractivity contribution is -0.169. The van der Waals surface area contributed by atoms with Crippen LogP contribution in [-0.2, 0) is 34.6 Å². The maximum atomic E-state index is 14.2. The molecule has 1 N–H and O–H groups in total. The average Bonchev–Trinajstić information content (AvgIpc) is 3.38. The van der Waals surface area contributed by atoms with Crippen molar-refractivity contribution in [2.24, 2.45) is 17.8 Å². The molecule has 1 aliphatic carbocycles. The molecule has 1 saturated carbocycles. The normalized spacial score (nSPS) is 22.4. The summed E-state index contributed by atoms with van der Waals surface area (Å²) in [5, 5.41) is 9.92. The Morgan fingerprint density at radius 2 is 1.74 bits per heavy atom. The molecule has 0 unspecified atom stereocenters. The number of carboxylic acids is 1. The minimum atomic E-state index is -3.60. The Morgan fingerprint density at radius 1 is 1.05 bits per heavy atom. The number of aryl methyl sites for hydroxylation is 1. The van der Waals surface area contributed by atoms with Crippen molar-refractivity contribution in [2.45, 2.75) is 97.3 Å². The van der Waals surface area contributed by atoms with E-state index in [2.05, 4.69) is 0 Å². The number of rotatable bonds is 14. The number of aliphatic carboxylic acids is 1. The summed E-state index contributed by atoms with van der Waals surface area (Å²) in [7, 11) is -3.60. The van der Waals surface area contributed by atoms with Crippen molar-refractivity contribution in [1.29, 1.82) is 0 Å². The fourth-order valence-corrected chi connectivity index (χ4v) is 8.10. The van der Waals surface area contributed by atoms with E-state index in [1.807, 2.05) is 44.2 Å². The van der Waals surface area contributed by atoms with Gasteiger partial charge in [0.2, 0.25) is 19.6 Å². The summed E-state index contributed by atoms with van der Waals surface area (Å²) in [5.41, 5.74) is 1.18. The fourth-order valence-electron chi connectivity index (χ4n) is 5.80. The molecule has 4 atom stereocenters. The molecule has 2 aliphatic rings. The van der Waals surface area contributed by atoms with Crippen LogP contribution in [0, 0.1) is 17.8 Å². The van der Waals surface area contributed by atoms with Crippen molar-refractivity contribution in [3.63, 3.8) is 0 Å². The second-order valence-corrected chi connectivity index (χ2v) is 14.1. The molecule has 1 heterocycles. The van der Waals surface area contributed by atoms with Crippen molar-refractivity contribution in [1.82, 2.24) is 4.90 Å². The second kappa shape index (κ2) is 15.0. The van der Waals surface area contributed by atoms with Crippen LogP contribution in [0.4, 0.5) is 0 Å². The number of hydrogen-bond acceptors (Lipinski definition) is 6. The Morgan fingerprint density at radius 3 is 2.36 bits per heavy atom. The summed E-state index contributed by atoms with van der Waals surface area (Å²) in [4.78, 5) is 39.2. The quantitative estimate of drug-likeness (QED) is 0.126. The van der Waals surface area contributed by atoms with Crippen molar-refractivity contribution >= 4 is 25.2 Å². The fraction of sp³-hybridized carbons (Fsp3) is 0.700. The second-order valence-electron chi connectivity index (χ2n) is 11.5. The first kappa shape index (κ1) is 31.3. The molecule has 1 saturated heterocycles. The number of carbonyl (C=O) groups excluding carboxylic acids is 2. The average molecular weight is 564 g/mol. The molecule has 1 aromatic carbocycles. The van der Waals surface area contributed by atoms with Crippen LogP contribution < -0.4 is 0 Å². The lowest BCUT2D eigenvalue weighted by atomic mass is 9.79. The zero-order valence-corrected chi connectivity index (χ0v) is 24.7. The third kappa shape index (κ3) is 9.46. The summed E-state index contributed by atoms with van der Waals surface area (Å²) < 4.78 is 25.7. The van der Waals surface area contributed by atoms with E-state index in [0.717, 1.165) is 38.5 Å². The Bertz CT molecular complexity index is 992. The van der Waals surface area contributed by atoms with Gasteiger partial charge in [-0.1, -0.05) is 83.2 Å². The minimum Gasteiger partial charge on any atom is -0.480 e. The molecule has 0 spiro atoms. The van der Waals surface area contributed by atoms with E-state index in [0.29, 0.717) is 25.3 Å². The molecule has 2 fully saturated rings. The van der Waals surface area contributed by atoms with Gasteiger partial charge in [0.15, 0.2) is 0 Å². The van der Waals surface area contributed by atoms with Gasteiger partial charge in [-0.2, -0.15) is 0 Å². The van der Waals surface area contributed by atoms with Crippen LogP contribution >= 0.6 is 7.37 Å². The zero-order valence-electron chi connectivity index (χ0n) is 23.8. The highest BCUT2D eigenvalue weighted by atomic mass is 31.2. The first-order valence-electron chi connectivity index (χ1n) is 14.6. The third-order valence-electron chi connectivity index (χ3n) is 8.07. The standard InChI is InChI=1S/C30H46NO7P/c1-4-28(33)37-30(22(2)3)38-39(36,18-12-11-15-23-13-7-5-8-14-23)21-27(32)31-20-25(19-26(31)29(34)35)24-16-9-6-10-17-24/h5,7-8,13-14,22,24-26,30H,4,6,9-12,15-21H2,1-3H3,(H,34,35)/t25-,26+,30-,39+/m0/s1. The van der Waals surface area contributed by atoms with Crippen LogP contribution in [0.3, 0.4) is 0 Å². The van der Waals surface area contributed by atoms with Crippen LogP contribution in [0.5, 0.6) is 0 Å². The van der Waals surface area contributed by atoms with Crippen molar-refractivity contribution < 1.29 is 33.3 Å². The van der Waals surface area contributed by atoms with Gasteiger partial charge >= 0.3 is 11.9 Å². The minimum absolute atomic E-state index is 0.149. The molecule has 3 rings (SSSR count). The summed E-state index contributed by atoms with van der Waals surface area (Å²) in [6.45, 7) is 5.68. The van der Waals surface area contributed by atoms with Gasteiger partial charge < -0.3 is 14.7 Å². The number of nitrogens with zero attached hydrogens (tertiary/aromatic N) is 1. The SMILES string of the molecule is CCC(=O)O[C@@H](O[P@](=O)(CCCCc1ccccc1)CC(=O)N1C[C@@H](C2CCCCC2)C[C@@H]1C(=O)O)C(C)C. The van der Waals surface area contributed by atoms with E-state index in [4.69, 9.17) is 9.26 Å². The molecule has 8 nitrogen and oxygen atoms in total. The van der Waals surface area contributed by atoms with E-state index >= 15 is 0 Å². The molecule has 1 aromatic rings. The summed E-state index contributed by atoms with van der Waals surface area (Å²) >= 11 is 0. The largest absolute Gasteiger partial charge is 0.480 e. The molecule has 1 amide bonds. The van der Waals surface area contributed by atoms with Crippen LogP contribution in [0.25, 0.3) is 0 Å². The molecule has 0 radical (unpaired) electrons. The number of carbonyl (C=O) groups is 3. The maximum absolute atomic E-state index is 14.2. The van der Waals surface area contributed by atoms with Gasteiger partial charge in [0.05, 0.1) is 0 Å². The Kier molecular flexibility index (Phi) is 12.1. The molecule has 9 heteroatoms. The van der Waals surface area contributed by atoms with Gasteiger partial charge in [0, 0.05) is 25.0 Å². The van der Waals surface area contributed by atoms with Gasteiger partial charge in [-0.3, -0.25) is 18.7 Å². The van der Waals surface area contributed by atoms with Gasteiger partial charge in [-0.05, 0) is 43.1 Å². The number of likely N-dealkylation sites (tertiary alicyclic amines) is 1. The smallest absolute Gasteiger partial charge is 0.326 e. The zero-order chi connectivity index (χ0) is 28.4. The summed E-state index contributed by atoms with van der Waals surface area (Å²) in [6, 6.07) is 9.10. The van der Waals surface area contributed by atoms with Crippen LogP contribution in [0.1, 0.15) is 84.1 Å². The Balaban J connectivity index is 1.73. The van der Waals surface area contributed by atoms with Gasteiger partial charge in [0.1, 0.15) is 12.2 Å². The summed E-state index contributed by atoms with van der Waals surface area (Å²) in [5.74, 6) is -1.61. The first-order valence-corrected chi connectivity index (χ1v) is 16.6. The van der Waals surface area contributed by atoms with E-state index in [1.165, 1.54) is 16.9 Å². The molecular formula is C30H46NO7P. The van der Waals surface area contributed by atoms with E-state index < -0.39 is 37.5 Å². The number of amides is 1. The highest BCUT2D eigenvalue weighted by Gasteiger charge is 2.44. The highest BCUT2D eigenvalue weighted by Crippen LogP contribution is 2.51. The van der Waals surface area contributed by atoms with Gasteiger partial charge in [-0.15, -0.1) is 0 Å². The molecule has 218 valence electrons. The maximum Gasteiger partial charge on any atom is 0.326 e. The van der Waals surface area contributed by atoms with Gasteiger partial charge in [0.25, 0.3) is 0 Å². The molecule has 1 aliphatic heterocycles. The molecular weight excluding hydrogens is 517 g/mol. The first-order chi connectivity index (χ1) is 18.6. The molecule has 0 aromatic heterocycles. The lowest BCUT2D eigenvalue weighted by Crippen LogP contribution is -2.42. The van der Waals surface area contributed by atoms with Crippen molar-refractivity contribution in [3.05, 3.63) is 35.9 Å². The number of ether oxygens (including phenoxy) is 1. The van der Waals surface area contributed by atoms with Gasteiger partial charge in [-0.25, -0.2) is 4.79 Å². The number of carboxylic acid groups (broad SMARTS) is 1. The van der Waals surface area contributed by atoms with Crippen LogP contribution in [0.2, 0.25) is 0 Å². The number of hydrogen-bond donors (Lipinski definition) is 1. The topological polar surface area (TPSA) is 110 Å². The highest BCUT2D eigenvalue weighted by molar-refractivity contribution is 7.59. The summed E-state index contributed by atoms with van der Waals surface area (Å²) in [6.07, 6.45) is 7.12. The molecule has 0 bridgehead atoms. The van der Waals surface area contributed by atoms with Crippen molar-refractivity contribution in [3.8, 4) is 0 Å². The van der Waals surface area contributed by atoms with Crippen LogP contribution in [0.15, 0.2) is 30.3 Å². The molecule has 39 heavy (non-hydrogen) atoms. The number of unbranched alkanes of at least 4 members (excludes halogenated alkanes) is 1. The van der Waals surface area contributed by atoms with E-state index in [-0.39, 0.29) is 30.6 Å². The Labute approximate surface area is 233 Å². The van der Waals surface area contributed by atoms with E-state index in [9.17, 15) is 24.1 Å². The van der Waals surface area contributed by atoms with E-state index in [1.54, 1.807) is 6.92 Å².